The van der Waals surface area contributed by atoms with Crippen molar-refractivity contribution in [2.24, 2.45) is 0 Å². The Balaban J connectivity index is 3.04. The van der Waals surface area contributed by atoms with Gasteiger partial charge in [-0.3, -0.25) is 0 Å². The summed E-state index contributed by atoms with van der Waals surface area (Å²) in [6.45, 7) is 1.01. The van der Waals surface area contributed by atoms with Crippen molar-refractivity contribution >= 4 is 35.0 Å². The molecule has 10 heavy (non-hydrogen) atoms. The minimum absolute atomic E-state index is 0.711. The summed E-state index contributed by atoms with van der Waals surface area (Å²) < 4.78 is 0. The Bertz CT molecular complexity index is 106. The summed E-state index contributed by atoms with van der Waals surface area (Å²) in [5, 5.41) is 3.75. The monoisotopic (exact) mass is 199 g/mol. The number of thioether (sulfide) groups is 1. The molecule has 0 saturated carbocycles. The molecule has 4 heteroatoms. The SMILES string of the molecule is CNCCSC/C(Cl)=C/Cl. The molecule has 1 nitrogen and oxygen atoms in total. The largest absolute Gasteiger partial charge is 0.319 e. The molecule has 0 rings (SSSR count). The summed E-state index contributed by atoms with van der Waals surface area (Å²) in [6, 6.07) is 0. The van der Waals surface area contributed by atoms with E-state index in [1.165, 1.54) is 5.54 Å². The van der Waals surface area contributed by atoms with Crippen LogP contribution in [0, 0.1) is 0 Å². The Hall–Kier alpha value is 0.630. The van der Waals surface area contributed by atoms with Crippen LogP contribution in [0.4, 0.5) is 0 Å². The van der Waals surface area contributed by atoms with Crippen molar-refractivity contribution in [2.75, 3.05) is 25.1 Å². The number of halogens is 2. The molecule has 0 saturated heterocycles. The van der Waals surface area contributed by atoms with Crippen molar-refractivity contribution < 1.29 is 0 Å². The summed E-state index contributed by atoms with van der Waals surface area (Å²) in [6.07, 6.45) is 0. The molecule has 0 aliphatic rings. The molecular weight excluding hydrogens is 189 g/mol. The summed E-state index contributed by atoms with van der Waals surface area (Å²) in [5.41, 5.74) is 1.41. The molecule has 0 aliphatic heterocycles. The fourth-order valence-electron chi connectivity index (χ4n) is 0.375. The maximum Gasteiger partial charge on any atom is 0.0392 e. The van der Waals surface area contributed by atoms with E-state index in [1.54, 1.807) is 11.8 Å². The van der Waals surface area contributed by atoms with Crippen LogP contribution in [0.15, 0.2) is 10.6 Å². The first-order chi connectivity index (χ1) is 4.81. The average molecular weight is 200 g/mol. The molecule has 0 heterocycles. The maximum atomic E-state index is 5.63. The smallest absolute Gasteiger partial charge is 0.0392 e. The summed E-state index contributed by atoms with van der Waals surface area (Å²) in [5.74, 6) is 1.88. The fourth-order valence-corrected chi connectivity index (χ4v) is 1.55. The van der Waals surface area contributed by atoms with Gasteiger partial charge in [0.05, 0.1) is 0 Å². The maximum absolute atomic E-state index is 5.63. The van der Waals surface area contributed by atoms with Crippen molar-refractivity contribution in [1.82, 2.24) is 5.32 Å². The third kappa shape index (κ3) is 6.75. The van der Waals surface area contributed by atoms with Crippen LogP contribution in [0.25, 0.3) is 0 Å². The van der Waals surface area contributed by atoms with Crippen LogP contribution in [0.2, 0.25) is 0 Å². The van der Waals surface area contributed by atoms with Gasteiger partial charge >= 0.3 is 0 Å². The van der Waals surface area contributed by atoms with Crippen LogP contribution in [-0.4, -0.2) is 25.1 Å². The fraction of sp³-hybridized carbons (Fsp3) is 0.667. The van der Waals surface area contributed by atoms with E-state index in [1.807, 2.05) is 7.05 Å². The highest BCUT2D eigenvalue weighted by molar-refractivity contribution is 7.99. The summed E-state index contributed by atoms with van der Waals surface area (Å²) in [4.78, 5) is 0. The van der Waals surface area contributed by atoms with Crippen LogP contribution in [0.5, 0.6) is 0 Å². The molecule has 0 radical (unpaired) electrons. The van der Waals surface area contributed by atoms with Crippen molar-refractivity contribution in [3.63, 3.8) is 0 Å². The molecule has 0 atom stereocenters. The van der Waals surface area contributed by atoms with Gasteiger partial charge in [-0.1, -0.05) is 23.2 Å². The first-order valence-corrected chi connectivity index (χ1v) is 4.95. The van der Waals surface area contributed by atoms with Gasteiger partial charge in [-0.25, -0.2) is 0 Å². The minimum Gasteiger partial charge on any atom is -0.319 e. The van der Waals surface area contributed by atoms with Gasteiger partial charge < -0.3 is 5.32 Å². The van der Waals surface area contributed by atoms with E-state index in [4.69, 9.17) is 23.2 Å². The number of hydrogen-bond donors (Lipinski definition) is 1. The Morgan fingerprint density at radius 2 is 2.40 bits per heavy atom. The van der Waals surface area contributed by atoms with E-state index in [0.717, 1.165) is 18.1 Å². The van der Waals surface area contributed by atoms with E-state index >= 15 is 0 Å². The second-order valence-corrected chi connectivity index (χ2v) is 3.52. The first-order valence-electron chi connectivity index (χ1n) is 2.98. The molecule has 0 spiro atoms. The van der Waals surface area contributed by atoms with Crippen LogP contribution in [-0.2, 0) is 0 Å². The van der Waals surface area contributed by atoms with Gasteiger partial charge in [0.25, 0.3) is 0 Å². The molecule has 60 valence electrons. The van der Waals surface area contributed by atoms with Crippen LogP contribution in [0.1, 0.15) is 0 Å². The third-order valence-corrected chi connectivity index (χ3v) is 2.64. The van der Waals surface area contributed by atoms with Gasteiger partial charge in [0.15, 0.2) is 0 Å². The van der Waals surface area contributed by atoms with Crippen LogP contribution in [0.3, 0.4) is 0 Å². The summed E-state index contributed by atoms with van der Waals surface area (Å²) >= 11 is 12.7. The van der Waals surface area contributed by atoms with Crippen LogP contribution >= 0.6 is 35.0 Å². The average Bonchev–Trinajstić information content (AvgIpc) is 1.98. The lowest BCUT2D eigenvalue weighted by Crippen LogP contribution is -2.09. The van der Waals surface area contributed by atoms with Crippen molar-refractivity contribution in [2.45, 2.75) is 0 Å². The predicted octanol–water partition coefficient (Wildman–Crippen LogP) is 2.26. The van der Waals surface area contributed by atoms with Crippen LogP contribution < -0.4 is 5.32 Å². The number of rotatable bonds is 5. The van der Waals surface area contributed by atoms with Crippen molar-refractivity contribution in [3.05, 3.63) is 10.6 Å². The van der Waals surface area contributed by atoms with Gasteiger partial charge in [-0.15, -0.1) is 0 Å². The Kier molecular flexibility index (Phi) is 8.22. The second kappa shape index (κ2) is 7.73. The number of nitrogens with one attached hydrogen (secondary N) is 1. The van der Waals surface area contributed by atoms with Gasteiger partial charge in [-0.2, -0.15) is 11.8 Å². The van der Waals surface area contributed by atoms with Gasteiger partial charge in [0, 0.05) is 28.6 Å². The zero-order valence-corrected chi connectivity index (χ0v) is 8.19. The Labute approximate surface area is 76.2 Å². The molecular formula is C6H11Cl2NS. The minimum atomic E-state index is 0.711. The second-order valence-electron chi connectivity index (χ2n) is 1.71. The molecule has 1 N–H and O–H groups in total. The molecule has 0 amide bonds. The van der Waals surface area contributed by atoms with Crippen molar-refractivity contribution in [1.29, 1.82) is 0 Å². The van der Waals surface area contributed by atoms with Gasteiger partial charge in [0.1, 0.15) is 0 Å². The first kappa shape index (κ1) is 10.6. The molecule has 0 aromatic heterocycles. The molecule has 0 fully saturated rings. The normalized spacial score (nSPS) is 12.1. The number of hydrogen-bond acceptors (Lipinski definition) is 2. The van der Waals surface area contributed by atoms with Crippen molar-refractivity contribution in [3.8, 4) is 0 Å². The zero-order chi connectivity index (χ0) is 7.82. The van der Waals surface area contributed by atoms with E-state index in [2.05, 4.69) is 5.32 Å². The lowest BCUT2D eigenvalue weighted by Gasteiger charge is -1.97. The third-order valence-electron chi connectivity index (χ3n) is 0.855. The quantitative estimate of drug-likeness (QED) is 0.683. The highest BCUT2D eigenvalue weighted by atomic mass is 35.5. The molecule has 0 unspecified atom stereocenters. The summed E-state index contributed by atoms with van der Waals surface area (Å²) in [7, 11) is 1.93. The van der Waals surface area contributed by atoms with E-state index in [-0.39, 0.29) is 0 Å². The Morgan fingerprint density at radius 1 is 1.70 bits per heavy atom. The molecule has 0 aromatic rings. The standard InChI is InChI=1S/C6H11Cl2NS/c1-9-2-3-10-5-6(8)4-7/h4,9H,2-3,5H2,1H3/b6-4-. The molecule has 0 aliphatic carbocycles. The van der Waals surface area contributed by atoms with E-state index < -0.39 is 0 Å². The predicted molar refractivity (Wildman–Crippen MR) is 51.0 cm³/mol. The topological polar surface area (TPSA) is 12.0 Å². The highest BCUT2D eigenvalue weighted by Gasteiger charge is 1.90. The van der Waals surface area contributed by atoms with E-state index in [0.29, 0.717) is 5.03 Å². The Morgan fingerprint density at radius 3 is 2.90 bits per heavy atom. The van der Waals surface area contributed by atoms with Gasteiger partial charge in [-0.05, 0) is 7.05 Å². The van der Waals surface area contributed by atoms with E-state index in [9.17, 15) is 0 Å². The lowest BCUT2D eigenvalue weighted by atomic mass is 10.7. The zero-order valence-electron chi connectivity index (χ0n) is 5.86. The lowest BCUT2D eigenvalue weighted by molar-refractivity contribution is 0.872. The van der Waals surface area contributed by atoms with Gasteiger partial charge in [0.2, 0.25) is 0 Å². The highest BCUT2D eigenvalue weighted by Crippen LogP contribution is 2.11. The molecule has 0 aromatic carbocycles. The molecule has 0 bridgehead atoms.